The number of rotatable bonds is 7. The molecule has 0 atom stereocenters. The minimum Gasteiger partial charge on any atom is -0.212 e. The first-order chi connectivity index (χ1) is 7.68. The minimum atomic E-state index is -4.50. The lowest BCUT2D eigenvalue weighted by Crippen LogP contribution is -2.46. The van der Waals surface area contributed by atoms with Crippen molar-refractivity contribution in [1.29, 1.82) is 0 Å². The van der Waals surface area contributed by atoms with E-state index in [0.717, 1.165) is 0 Å². The summed E-state index contributed by atoms with van der Waals surface area (Å²) in [5, 5.41) is 0. The largest absolute Gasteiger partial charge is 0.402 e. The van der Waals surface area contributed by atoms with Gasteiger partial charge in [0.2, 0.25) is 10.0 Å². The van der Waals surface area contributed by atoms with Crippen LogP contribution in [0.5, 0.6) is 0 Å². The predicted molar refractivity (Wildman–Crippen MR) is 61.2 cm³/mol. The Morgan fingerprint density at radius 3 is 1.88 bits per heavy atom. The minimum absolute atomic E-state index is 0.237. The van der Waals surface area contributed by atoms with E-state index in [0.29, 0.717) is 23.6 Å². The van der Waals surface area contributed by atoms with E-state index in [2.05, 4.69) is 0 Å². The van der Waals surface area contributed by atoms with Crippen molar-refractivity contribution in [2.24, 2.45) is 0 Å². The van der Waals surface area contributed by atoms with Gasteiger partial charge in [-0.25, -0.2) is 8.42 Å². The molecule has 0 radical (unpaired) electrons. The van der Waals surface area contributed by atoms with Crippen LogP contribution in [0.15, 0.2) is 0 Å². The van der Waals surface area contributed by atoms with Gasteiger partial charge in [-0.2, -0.15) is 17.5 Å². The Labute approximate surface area is 101 Å². The third-order valence-corrected chi connectivity index (χ3v) is 4.57. The van der Waals surface area contributed by atoms with Gasteiger partial charge in [0.1, 0.15) is 6.54 Å². The highest BCUT2D eigenvalue weighted by Crippen LogP contribution is 2.23. The Hall–Kier alpha value is -0.300. The molecular weight excluding hydrogens is 255 g/mol. The van der Waals surface area contributed by atoms with Gasteiger partial charge in [0.15, 0.2) is 0 Å². The molecule has 0 aromatic heterocycles. The summed E-state index contributed by atoms with van der Waals surface area (Å²) < 4.78 is 61.4. The molecule has 0 aliphatic heterocycles. The fourth-order valence-electron chi connectivity index (χ4n) is 1.70. The van der Waals surface area contributed by atoms with Crippen molar-refractivity contribution in [3.05, 3.63) is 0 Å². The Kier molecular flexibility index (Phi) is 6.47. The molecule has 0 aliphatic rings. The fraction of sp³-hybridized carbons (Fsp3) is 1.00. The molecule has 0 aliphatic carbocycles. The molecule has 7 heteroatoms. The lowest BCUT2D eigenvalue weighted by Gasteiger charge is -2.30. The second kappa shape index (κ2) is 6.58. The van der Waals surface area contributed by atoms with Gasteiger partial charge in [0, 0.05) is 6.04 Å². The molecule has 0 aromatic carbocycles. The number of hydrogen-bond donors (Lipinski definition) is 0. The number of sulfonamides is 1. The number of nitrogens with zero attached hydrogens (tertiary/aromatic N) is 1. The van der Waals surface area contributed by atoms with Crippen LogP contribution in [0, 0.1) is 0 Å². The summed E-state index contributed by atoms with van der Waals surface area (Å²) in [4.78, 5) is 0. The molecule has 104 valence electrons. The van der Waals surface area contributed by atoms with E-state index in [-0.39, 0.29) is 5.75 Å². The van der Waals surface area contributed by atoms with Crippen LogP contribution >= 0.6 is 0 Å². The van der Waals surface area contributed by atoms with Gasteiger partial charge in [-0.3, -0.25) is 0 Å². The monoisotopic (exact) mass is 275 g/mol. The smallest absolute Gasteiger partial charge is 0.212 e. The van der Waals surface area contributed by atoms with Crippen LogP contribution in [0.3, 0.4) is 0 Å². The molecule has 17 heavy (non-hydrogen) atoms. The van der Waals surface area contributed by atoms with Crippen molar-refractivity contribution in [2.75, 3.05) is 12.3 Å². The molecule has 0 bridgehead atoms. The third kappa shape index (κ3) is 5.72. The van der Waals surface area contributed by atoms with Crippen molar-refractivity contribution >= 4 is 10.0 Å². The highest BCUT2D eigenvalue weighted by Gasteiger charge is 2.38. The van der Waals surface area contributed by atoms with Crippen molar-refractivity contribution < 1.29 is 21.6 Å². The fourth-order valence-corrected chi connectivity index (χ4v) is 3.55. The summed E-state index contributed by atoms with van der Waals surface area (Å²) in [6.45, 7) is 3.63. The zero-order chi connectivity index (χ0) is 13.7. The van der Waals surface area contributed by atoms with Gasteiger partial charge < -0.3 is 0 Å². The molecule has 0 amide bonds. The van der Waals surface area contributed by atoms with E-state index in [4.69, 9.17) is 0 Å². The molecule has 0 aromatic rings. The molecule has 0 spiro atoms. The van der Waals surface area contributed by atoms with Crippen LogP contribution in [0.25, 0.3) is 0 Å². The average molecular weight is 275 g/mol. The maximum absolute atomic E-state index is 12.4. The van der Waals surface area contributed by atoms with E-state index in [1.165, 1.54) is 0 Å². The van der Waals surface area contributed by atoms with Gasteiger partial charge in [-0.05, 0) is 19.3 Å². The second-order valence-corrected chi connectivity index (χ2v) is 5.99. The van der Waals surface area contributed by atoms with Crippen LogP contribution in [0.4, 0.5) is 13.2 Å². The summed E-state index contributed by atoms with van der Waals surface area (Å²) >= 11 is 0. The molecule has 0 rings (SSSR count). The van der Waals surface area contributed by atoms with Crippen LogP contribution in [-0.2, 0) is 10.0 Å². The molecule has 0 N–H and O–H groups in total. The summed E-state index contributed by atoms with van der Waals surface area (Å²) in [5.41, 5.74) is 0. The second-order valence-electron chi connectivity index (χ2n) is 3.95. The van der Waals surface area contributed by atoms with Crippen molar-refractivity contribution in [1.82, 2.24) is 4.31 Å². The van der Waals surface area contributed by atoms with Gasteiger partial charge in [-0.1, -0.05) is 20.8 Å². The third-order valence-electron chi connectivity index (χ3n) is 2.50. The normalized spacial score (nSPS) is 13.6. The van der Waals surface area contributed by atoms with E-state index in [9.17, 15) is 21.6 Å². The molecule has 0 fully saturated rings. The molecule has 0 saturated carbocycles. The summed E-state index contributed by atoms with van der Waals surface area (Å²) in [6, 6.07) is -0.576. The predicted octanol–water partition coefficient (Wildman–Crippen LogP) is 2.78. The SMILES string of the molecule is CCCS(=O)(=O)N(CC(F)(F)F)C(CC)CC. The molecule has 3 nitrogen and oxygen atoms in total. The first kappa shape index (κ1) is 16.7. The van der Waals surface area contributed by atoms with E-state index < -0.39 is 28.8 Å². The van der Waals surface area contributed by atoms with Crippen molar-refractivity contribution in [3.8, 4) is 0 Å². The number of halogens is 3. The highest BCUT2D eigenvalue weighted by molar-refractivity contribution is 7.89. The van der Waals surface area contributed by atoms with Crippen LogP contribution in [0.1, 0.15) is 40.0 Å². The summed E-state index contributed by atoms with van der Waals surface area (Å²) in [5.74, 6) is -0.237. The molecule has 0 heterocycles. The quantitative estimate of drug-likeness (QED) is 0.716. The van der Waals surface area contributed by atoms with E-state index in [1.807, 2.05) is 0 Å². The molecule has 0 saturated heterocycles. The zero-order valence-corrected chi connectivity index (χ0v) is 11.2. The first-order valence-corrected chi connectivity index (χ1v) is 7.35. The van der Waals surface area contributed by atoms with Crippen LogP contribution in [0.2, 0.25) is 0 Å². The Balaban J connectivity index is 5.10. The number of hydrogen-bond acceptors (Lipinski definition) is 2. The Morgan fingerprint density at radius 2 is 1.59 bits per heavy atom. The van der Waals surface area contributed by atoms with Gasteiger partial charge in [0.25, 0.3) is 0 Å². The summed E-state index contributed by atoms with van der Waals surface area (Å²) in [7, 11) is -3.82. The van der Waals surface area contributed by atoms with Gasteiger partial charge in [-0.15, -0.1) is 0 Å². The Morgan fingerprint density at radius 1 is 1.12 bits per heavy atom. The van der Waals surface area contributed by atoms with Crippen molar-refractivity contribution in [3.63, 3.8) is 0 Å². The summed E-state index contributed by atoms with van der Waals surface area (Å²) in [6.07, 6.45) is -3.41. The maximum Gasteiger partial charge on any atom is 0.402 e. The molecule has 0 unspecified atom stereocenters. The lowest BCUT2D eigenvalue weighted by molar-refractivity contribution is -0.139. The molecular formula is C10H20F3NO2S. The lowest BCUT2D eigenvalue weighted by atomic mass is 10.2. The van der Waals surface area contributed by atoms with E-state index >= 15 is 0 Å². The van der Waals surface area contributed by atoms with Crippen molar-refractivity contribution in [2.45, 2.75) is 52.3 Å². The van der Waals surface area contributed by atoms with E-state index in [1.54, 1.807) is 20.8 Å². The highest BCUT2D eigenvalue weighted by atomic mass is 32.2. The zero-order valence-electron chi connectivity index (χ0n) is 10.4. The van der Waals surface area contributed by atoms with Gasteiger partial charge in [0.05, 0.1) is 5.75 Å². The average Bonchev–Trinajstić information content (AvgIpc) is 2.16. The van der Waals surface area contributed by atoms with Crippen LogP contribution < -0.4 is 0 Å². The topological polar surface area (TPSA) is 37.4 Å². The standard InChI is InChI=1S/C10H20F3NO2S/c1-4-7-17(15,16)14(8-10(11,12)13)9(5-2)6-3/h9H,4-8H2,1-3H3. The maximum atomic E-state index is 12.4. The van der Waals surface area contributed by atoms with Crippen LogP contribution in [-0.4, -0.2) is 37.2 Å². The number of alkyl halides is 3. The first-order valence-electron chi connectivity index (χ1n) is 5.74. The Bertz CT molecular complexity index is 310. The van der Waals surface area contributed by atoms with Gasteiger partial charge >= 0.3 is 6.18 Å².